The molecule has 0 saturated carbocycles. The molecule has 1 N–H and O–H groups in total. The van der Waals surface area contributed by atoms with Gasteiger partial charge in [0.1, 0.15) is 0 Å². The average molecular weight is 270 g/mol. The van der Waals surface area contributed by atoms with Crippen molar-refractivity contribution in [3.05, 3.63) is 20.7 Å². The minimum atomic E-state index is -0.000556. The summed E-state index contributed by atoms with van der Waals surface area (Å²) in [5.74, 6) is 0.443. The van der Waals surface area contributed by atoms with Gasteiger partial charge in [0.05, 0.1) is 6.61 Å². The van der Waals surface area contributed by atoms with E-state index in [0.717, 1.165) is 25.3 Å². The summed E-state index contributed by atoms with van der Waals surface area (Å²) in [7, 11) is 0. The summed E-state index contributed by atoms with van der Waals surface area (Å²) in [6, 6.07) is 0. The van der Waals surface area contributed by atoms with Crippen LogP contribution in [-0.2, 0) is 16.1 Å². The number of carbonyl (C=O) groups excluding carboxylic acids is 1. The van der Waals surface area contributed by atoms with Crippen molar-refractivity contribution < 1.29 is 9.53 Å². The number of hydrogen-bond donors (Lipinski definition) is 1. The van der Waals surface area contributed by atoms with Crippen LogP contribution in [0.2, 0.25) is 0 Å². The molecule has 1 saturated heterocycles. The Morgan fingerprint density at radius 2 is 2.50 bits per heavy atom. The molecule has 18 heavy (non-hydrogen) atoms. The average Bonchev–Trinajstić information content (AvgIpc) is 2.96. The number of rotatable bonds is 5. The minimum Gasteiger partial charge on any atom is -0.381 e. The van der Waals surface area contributed by atoms with Crippen LogP contribution in [0.3, 0.4) is 0 Å². The third-order valence-electron chi connectivity index (χ3n) is 3.15. The summed E-state index contributed by atoms with van der Waals surface area (Å²) in [6.45, 7) is 4.55. The highest BCUT2D eigenvalue weighted by molar-refractivity contribution is 7.07. The lowest BCUT2D eigenvalue weighted by Crippen LogP contribution is -2.30. The van der Waals surface area contributed by atoms with Crippen LogP contribution in [0.1, 0.15) is 18.5 Å². The largest absolute Gasteiger partial charge is 0.381 e. The first-order valence-corrected chi connectivity index (χ1v) is 7.04. The fourth-order valence-corrected chi connectivity index (χ4v) is 2.74. The van der Waals surface area contributed by atoms with Crippen molar-refractivity contribution >= 4 is 17.2 Å². The molecular weight excluding hydrogens is 252 g/mol. The van der Waals surface area contributed by atoms with E-state index in [-0.39, 0.29) is 10.8 Å². The molecule has 2 rings (SSSR count). The number of hydrogen-bond acceptors (Lipinski definition) is 4. The molecule has 100 valence electrons. The van der Waals surface area contributed by atoms with E-state index in [1.165, 1.54) is 11.3 Å². The van der Waals surface area contributed by atoms with E-state index in [1.54, 1.807) is 4.57 Å². The van der Waals surface area contributed by atoms with Gasteiger partial charge in [0.15, 0.2) is 0 Å². The topological polar surface area (TPSA) is 60.3 Å². The summed E-state index contributed by atoms with van der Waals surface area (Å²) < 4.78 is 6.89. The molecular formula is C12H18N2O3S. The SMILES string of the molecule is Cc1csc(=O)n1CCC(=O)NC[C@H]1CCOC1. The van der Waals surface area contributed by atoms with Crippen LogP contribution in [0.15, 0.2) is 10.2 Å². The lowest BCUT2D eigenvalue weighted by atomic mass is 10.1. The van der Waals surface area contributed by atoms with Crippen molar-refractivity contribution in [1.29, 1.82) is 0 Å². The molecule has 6 heteroatoms. The predicted octanol–water partition coefficient (Wildman–Crippen LogP) is 0.761. The Labute approximate surface area is 110 Å². The predicted molar refractivity (Wildman–Crippen MR) is 69.9 cm³/mol. The van der Waals surface area contributed by atoms with Crippen LogP contribution < -0.4 is 10.2 Å². The Balaban J connectivity index is 1.73. The molecule has 5 nitrogen and oxygen atoms in total. The van der Waals surface area contributed by atoms with Crippen molar-refractivity contribution in [3.63, 3.8) is 0 Å². The van der Waals surface area contributed by atoms with Crippen molar-refractivity contribution in [2.45, 2.75) is 26.3 Å². The Morgan fingerprint density at radius 3 is 3.11 bits per heavy atom. The van der Waals surface area contributed by atoms with Crippen LogP contribution in [0.4, 0.5) is 0 Å². The summed E-state index contributed by atoms with van der Waals surface area (Å²) in [4.78, 5) is 23.1. The van der Waals surface area contributed by atoms with Gasteiger partial charge >= 0.3 is 4.87 Å². The number of aromatic nitrogens is 1. The van der Waals surface area contributed by atoms with Gasteiger partial charge in [0, 0.05) is 43.1 Å². The maximum absolute atomic E-state index is 11.7. The standard InChI is InChI=1S/C12H18N2O3S/c1-9-8-18-12(16)14(9)4-2-11(15)13-6-10-3-5-17-7-10/h8,10H,2-7H2,1H3,(H,13,15)/t10-/m1/s1. The van der Waals surface area contributed by atoms with E-state index in [1.807, 2.05) is 12.3 Å². The summed E-state index contributed by atoms with van der Waals surface area (Å²) in [5, 5.41) is 4.71. The molecule has 0 spiro atoms. The number of nitrogens with one attached hydrogen (secondary N) is 1. The van der Waals surface area contributed by atoms with Crippen molar-refractivity contribution in [1.82, 2.24) is 9.88 Å². The van der Waals surface area contributed by atoms with Gasteiger partial charge in [-0.3, -0.25) is 9.59 Å². The van der Waals surface area contributed by atoms with E-state index in [4.69, 9.17) is 4.74 Å². The van der Waals surface area contributed by atoms with E-state index in [9.17, 15) is 9.59 Å². The second-order valence-electron chi connectivity index (χ2n) is 4.58. The fourth-order valence-electron chi connectivity index (χ4n) is 1.98. The van der Waals surface area contributed by atoms with Gasteiger partial charge in [-0.25, -0.2) is 0 Å². The molecule has 0 bridgehead atoms. The van der Waals surface area contributed by atoms with Crippen LogP contribution in [-0.4, -0.2) is 30.2 Å². The normalized spacial score (nSPS) is 19.1. The number of aryl methyl sites for hydroxylation is 1. The Hall–Kier alpha value is -1.14. The zero-order valence-electron chi connectivity index (χ0n) is 10.5. The molecule has 0 aliphatic carbocycles. The summed E-state index contributed by atoms with van der Waals surface area (Å²) >= 11 is 1.18. The van der Waals surface area contributed by atoms with Gasteiger partial charge < -0.3 is 14.6 Å². The molecule has 1 aliphatic heterocycles. The maximum atomic E-state index is 11.7. The summed E-state index contributed by atoms with van der Waals surface area (Å²) in [6.07, 6.45) is 1.37. The molecule has 1 atom stereocenters. The van der Waals surface area contributed by atoms with E-state index < -0.39 is 0 Å². The number of carbonyl (C=O) groups is 1. The van der Waals surface area contributed by atoms with E-state index in [2.05, 4.69) is 5.32 Å². The number of thiazole rings is 1. The van der Waals surface area contributed by atoms with Crippen LogP contribution in [0, 0.1) is 12.8 Å². The quantitative estimate of drug-likeness (QED) is 0.859. The van der Waals surface area contributed by atoms with Crippen molar-refractivity contribution in [2.75, 3.05) is 19.8 Å². The lowest BCUT2D eigenvalue weighted by Gasteiger charge is -2.09. The summed E-state index contributed by atoms with van der Waals surface area (Å²) in [5.41, 5.74) is 0.919. The second kappa shape index (κ2) is 6.15. The third-order valence-corrected chi connectivity index (χ3v) is 4.03. The molecule has 2 heterocycles. The Morgan fingerprint density at radius 1 is 1.67 bits per heavy atom. The molecule has 0 radical (unpaired) electrons. The first-order valence-electron chi connectivity index (χ1n) is 6.16. The molecule has 1 aliphatic rings. The van der Waals surface area contributed by atoms with Gasteiger partial charge in [0.2, 0.25) is 5.91 Å². The monoisotopic (exact) mass is 270 g/mol. The highest BCUT2D eigenvalue weighted by Gasteiger charge is 2.16. The van der Waals surface area contributed by atoms with E-state index >= 15 is 0 Å². The smallest absolute Gasteiger partial charge is 0.307 e. The molecule has 1 amide bonds. The maximum Gasteiger partial charge on any atom is 0.307 e. The Bertz CT molecular complexity index is 460. The zero-order valence-corrected chi connectivity index (χ0v) is 11.3. The van der Waals surface area contributed by atoms with Crippen molar-refractivity contribution in [3.8, 4) is 0 Å². The molecule has 1 aromatic rings. The number of ether oxygens (including phenoxy) is 1. The van der Waals surface area contributed by atoms with Gasteiger partial charge in [-0.2, -0.15) is 0 Å². The van der Waals surface area contributed by atoms with Gasteiger partial charge in [-0.1, -0.05) is 11.3 Å². The van der Waals surface area contributed by atoms with Crippen LogP contribution in [0.5, 0.6) is 0 Å². The second-order valence-corrected chi connectivity index (χ2v) is 5.40. The van der Waals surface area contributed by atoms with E-state index in [0.29, 0.717) is 25.4 Å². The molecule has 1 fully saturated rings. The number of amides is 1. The third kappa shape index (κ3) is 3.43. The van der Waals surface area contributed by atoms with Gasteiger partial charge in [-0.05, 0) is 13.3 Å². The molecule has 0 aromatic carbocycles. The first-order chi connectivity index (χ1) is 8.66. The first kappa shape index (κ1) is 13.3. The van der Waals surface area contributed by atoms with Crippen LogP contribution >= 0.6 is 11.3 Å². The van der Waals surface area contributed by atoms with Gasteiger partial charge in [0.25, 0.3) is 0 Å². The Kier molecular flexibility index (Phi) is 4.54. The van der Waals surface area contributed by atoms with Crippen molar-refractivity contribution in [2.24, 2.45) is 5.92 Å². The van der Waals surface area contributed by atoms with Gasteiger partial charge in [-0.15, -0.1) is 0 Å². The highest BCUT2D eigenvalue weighted by atomic mass is 32.1. The lowest BCUT2D eigenvalue weighted by molar-refractivity contribution is -0.121. The zero-order chi connectivity index (χ0) is 13.0. The number of nitrogens with zero attached hydrogens (tertiary/aromatic N) is 1. The molecule has 1 aromatic heterocycles. The fraction of sp³-hybridized carbons (Fsp3) is 0.667. The minimum absolute atomic E-state index is 0.000556. The molecule has 0 unspecified atom stereocenters. The highest BCUT2D eigenvalue weighted by Crippen LogP contribution is 2.10. The van der Waals surface area contributed by atoms with Crippen LogP contribution in [0.25, 0.3) is 0 Å².